The monoisotopic (exact) mass is 485 g/mol. The lowest BCUT2D eigenvalue weighted by atomic mass is 10.1. The van der Waals surface area contributed by atoms with Crippen LogP contribution < -0.4 is 10.7 Å². The van der Waals surface area contributed by atoms with Crippen LogP contribution in [0.5, 0.6) is 5.75 Å². The largest absolute Gasteiger partial charge is 0.503 e. The van der Waals surface area contributed by atoms with Gasteiger partial charge in [0.15, 0.2) is 17.7 Å². The van der Waals surface area contributed by atoms with E-state index in [1.54, 1.807) is 6.07 Å². The average molecular weight is 486 g/mol. The van der Waals surface area contributed by atoms with Crippen molar-refractivity contribution in [2.24, 2.45) is 0 Å². The summed E-state index contributed by atoms with van der Waals surface area (Å²) in [5.41, 5.74) is 0.291. The second kappa shape index (κ2) is 8.14. The molecule has 0 spiro atoms. The quantitative estimate of drug-likeness (QED) is 0.585. The van der Waals surface area contributed by atoms with E-state index in [0.29, 0.717) is 17.5 Å². The normalized spacial score (nSPS) is 19.6. The zero-order chi connectivity index (χ0) is 24.3. The summed E-state index contributed by atoms with van der Waals surface area (Å²) in [7, 11) is 0. The molecule has 5 rings (SSSR count). The van der Waals surface area contributed by atoms with Crippen LogP contribution in [-0.4, -0.2) is 54.8 Å². The average Bonchev–Trinajstić information content (AvgIpc) is 3.34. The Labute approximate surface area is 199 Å². The molecule has 2 aromatic heterocycles. The maximum absolute atomic E-state index is 13.0. The Morgan fingerprint density at radius 1 is 1.35 bits per heavy atom. The molecule has 2 aliphatic heterocycles. The molecule has 2 amide bonds. The van der Waals surface area contributed by atoms with Crippen LogP contribution in [-0.2, 0) is 17.8 Å². The van der Waals surface area contributed by atoms with Gasteiger partial charge in [0.05, 0.1) is 36.8 Å². The Morgan fingerprint density at radius 3 is 2.85 bits per heavy atom. The number of pyridine rings is 1. The van der Waals surface area contributed by atoms with E-state index in [0.717, 1.165) is 11.0 Å². The van der Waals surface area contributed by atoms with E-state index in [9.17, 15) is 19.5 Å². The van der Waals surface area contributed by atoms with Gasteiger partial charge in [-0.3, -0.25) is 14.4 Å². The molecule has 3 aromatic rings. The second-order valence-electron chi connectivity index (χ2n) is 8.88. The van der Waals surface area contributed by atoms with Crippen LogP contribution in [0.25, 0.3) is 11.0 Å². The van der Waals surface area contributed by atoms with Gasteiger partial charge in [-0.2, -0.15) is 0 Å². The number of benzene rings is 1. The van der Waals surface area contributed by atoms with Gasteiger partial charge >= 0.3 is 0 Å². The van der Waals surface area contributed by atoms with Crippen molar-refractivity contribution in [3.63, 3.8) is 0 Å². The third-order valence-corrected chi connectivity index (χ3v) is 6.49. The van der Waals surface area contributed by atoms with Crippen molar-refractivity contribution in [2.45, 2.75) is 52.2 Å². The second-order valence-corrected chi connectivity index (χ2v) is 9.31. The van der Waals surface area contributed by atoms with Crippen molar-refractivity contribution in [1.82, 2.24) is 24.3 Å². The van der Waals surface area contributed by atoms with Crippen LogP contribution in [0.1, 0.15) is 53.5 Å². The predicted octanol–water partition coefficient (Wildman–Crippen LogP) is 2.27. The lowest BCUT2D eigenvalue weighted by molar-refractivity contribution is 0.00624. The Bertz CT molecular complexity index is 1390. The highest BCUT2D eigenvalue weighted by Gasteiger charge is 2.42. The van der Waals surface area contributed by atoms with Gasteiger partial charge in [0.1, 0.15) is 11.4 Å². The molecule has 2 atom stereocenters. The highest BCUT2D eigenvalue weighted by molar-refractivity contribution is 6.31. The van der Waals surface area contributed by atoms with Crippen molar-refractivity contribution in [3.8, 4) is 5.75 Å². The van der Waals surface area contributed by atoms with Crippen molar-refractivity contribution < 1.29 is 19.4 Å². The number of carbonyl (C=O) groups is 2. The molecule has 0 aliphatic carbocycles. The SMILES string of the molecule is CC(C)n1c(CNC(=O)c2cn3c(c(O)c2=O)C(=O)N2[C@@H](C)CO[C@@H]2C3)nc2ccc(Cl)cc21. The fraction of sp³-hybridized carbons (Fsp3) is 0.391. The first kappa shape index (κ1) is 22.4. The van der Waals surface area contributed by atoms with E-state index in [1.807, 2.05) is 37.5 Å². The zero-order valence-corrected chi connectivity index (χ0v) is 19.7. The minimum Gasteiger partial charge on any atom is -0.503 e. The predicted molar refractivity (Wildman–Crippen MR) is 124 cm³/mol. The number of imidazole rings is 1. The van der Waals surface area contributed by atoms with Crippen molar-refractivity contribution in [3.05, 3.63) is 56.7 Å². The molecule has 178 valence electrons. The van der Waals surface area contributed by atoms with Gasteiger partial charge in [0.2, 0.25) is 5.43 Å². The first-order valence-electron chi connectivity index (χ1n) is 11.0. The number of fused-ring (bicyclic) bond motifs is 3. The van der Waals surface area contributed by atoms with E-state index in [4.69, 9.17) is 16.3 Å². The smallest absolute Gasteiger partial charge is 0.276 e. The summed E-state index contributed by atoms with van der Waals surface area (Å²) in [5, 5.41) is 13.8. The van der Waals surface area contributed by atoms with E-state index in [-0.39, 0.29) is 36.4 Å². The molecule has 0 unspecified atom stereocenters. The van der Waals surface area contributed by atoms with Gasteiger partial charge < -0.3 is 29.2 Å². The lowest BCUT2D eigenvalue weighted by Crippen LogP contribution is -2.49. The minimum absolute atomic E-state index is 0.0524. The molecule has 1 fully saturated rings. The lowest BCUT2D eigenvalue weighted by Gasteiger charge is -2.33. The maximum atomic E-state index is 13.0. The molecule has 1 aromatic carbocycles. The first-order valence-corrected chi connectivity index (χ1v) is 11.4. The summed E-state index contributed by atoms with van der Waals surface area (Å²) in [5.74, 6) is -1.31. The number of ether oxygens (including phenoxy) is 1. The first-order chi connectivity index (χ1) is 16.2. The number of carbonyl (C=O) groups excluding carboxylic acids is 2. The third-order valence-electron chi connectivity index (χ3n) is 6.25. The van der Waals surface area contributed by atoms with Crippen LogP contribution in [0.3, 0.4) is 0 Å². The van der Waals surface area contributed by atoms with Gasteiger partial charge in [-0.15, -0.1) is 0 Å². The molecule has 2 aliphatic rings. The van der Waals surface area contributed by atoms with Crippen molar-refractivity contribution in [1.29, 1.82) is 0 Å². The Hall–Kier alpha value is -3.37. The Balaban J connectivity index is 1.45. The van der Waals surface area contributed by atoms with Gasteiger partial charge in [-0.25, -0.2) is 4.98 Å². The molecule has 34 heavy (non-hydrogen) atoms. The van der Waals surface area contributed by atoms with Gasteiger partial charge in [0, 0.05) is 17.3 Å². The highest BCUT2D eigenvalue weighted by atomic mass is 35.5. The van der Waals surface area contributed by atoms with Crippen molar-refractivity contribution >= 4 is 34.4 Å². The number of aromatic hydroxyl groups is 1. The molecule has 1 saturated heterocycles. The molecule has 11 heteroatoms. The van der Waals surface area contributed by atoms with Crippen LogP contribution in [0.4, 0.5) is 0 Å². The fourth-order valence-electron chi connectivity index (χ4n) is 4.71. The standard InChI is InChI=1S/C23H24ClN5O5/c1-11(2)28-16-6-13(24)4-5-15(16)26-17(28)7-25-22(32)14-8-27-9-18-29(12(3)10-34-18)23(33)19(27)21(31)20(14)30/h4-6,8,11-12,18,31H,7,9-10H2,1-3H3,(H,25,32)/t12-,18+/m0/s1. The number of nitrogens with zero attached hydrogens (tertiary/aromatic N) is 4. The fourth-order valence-corrected chi connectivity index (χ4v) is 4.87. The zero-order valence-electron chi connectivity index (χ0n) is 18.9. The number of amides is 2. The van der Waals surface area contributed by atoms with Crippen LogP contribution >= 0.6 is 11.6 Å². The summed E-state index contributed by atoms with van der Waals surface area (Å²) in [4.78, 5) is 44.8. The number of aromatic nitrogens is 3. The number of hydrogen-bond acceptors (Lipinski definition) is 6. The molecule has 0 radical (unpaired) electrons. The van der Waals surface area contributed by atoms with E-state index >= 15 is 0 Å². The number of halogens is 1. The van der Waals surface area contributed by atoms with Crippen molar-refractivity contribution in [2.75, 3.05) is 6.61 Å². The van der Waals surface area contributed by atoms with E-state index in [2.05, 4.69) is 10.3 Å². The summed E-state index contributed by atoms with van der Waals surface area (Å²) in [6.07, 6.45) is 0.796. The minimum atomic E-state index is -0.896. The molecule has 0 bridgehead atoms. The summed E-state index contributed by atoms with van der Waals surface area (Å²) >= 11 is 6.15. The van der Waals surface area contributed by atoms with Crippen LogP contribution in [0, 0.1) is 0 Å². The summed E-state index contributed by atoms with van der Waals surface area (Å²) in [6, 6.07) is 5.25. The summed E-state index contributed by atoms with van der Waals surface area (Å²) in [6.45, 7) is 6.46. The molecule has 2 N–H and O–H groups in total. The Kier molecular flexibility index (Phi) is 5.37. The molecular formula is C23H24ClN5O5. The Morgan fingerprint density at radius 2 is 2.12 bits per heavy atom. The highest BCUT2D eigenvalue weighted by Crippen LogP contribution is 2.29. The number of hydrogen-bond donors (Lipinski definition) is 2. The number of nitrogens with one attached hydrogen (secondary N) is 1. The topological polar surface area (TPSA) is 119 Å². The maximum Gasteiger partial charge on any atom is 0.276 e. The van der Waals surface area contributed by atoms with Gasteiger partial charge in [0.25, 0.3) is 11.8 Å². The molecule has 4 heterocycles. The van der Waals surface area contributed by atoms with Gasteiger partial charge in [-0.05, 0) is 39.0 Å². The number of rotatable bonds is 4. The van der Waals surface area contributed by atoms with Crippen LogP contribution in [0.15, 0.2) is 29.2 Å². The van der Waals surface area contributed by atoms with Crippen LogP contribution in [0.2, 0.25) is 5.02 Å². The molecule has 0 saturated carbocycles. The third kappa shape index (κ3) is 3.45. The molecular weight excluding hydrogens is 462 g/mol. The molecule has 10 nitrogen and oxygen atoms in total. The summed E-state index contributed by atoms with van der Waals surface area (Å²) < 4.78 is 9.03. The van der Waals surface area contributed by atoms with Gasteiger partial charge in [-0.1, -0.05) is 11.6 Å². The van der Waals surface area contributed by atoms with E-state index in [1.165, 1.54) is 15.7 Å². The van der Waals surface area contributed by atoms with E-state index < -0.39 is 29.2 Å².